The first-order chi connectivity index (χ1) is 14.2. The van der Waals surface area contributed by atoms with Gasteiger partial charge in [-0.25, -0.2) is 4.79 Å². The summed E-state index contributed by atoms with van der Waals surface area (Å²) in [6.45, 7) is 3.60. The highest BCUT2D eigenvalue weighted by atomic mass is 16.3. The first kappa shape index (κ1) is 19.9. The van der Waals surface area contributed by atoms with Crippen LogP contribution in [0, 0.1) is 0 Å². The van der Waals surface area contributed by atoms with E-state index in [4.69, 9.17) is 0 Å². The second kappa shape index (κ2) is 9.42. The number of rotatable bonds is 6. The maximum atomic E-state index is 13.0. The van der Waals surface area contributed by atoms with E-state index in [9.17, 15) is 9.90 Å². The average Bonchev–Trinajstić information content (AvgIpc) is 3.37. The van der Waals surface area contributed by atoms with Crippen molar-refractivity contribution in [1.29, 1.82) is 0 Å². The Morgan fingerprint density at radius 3 is 2.48 bits per heavy atom. The lowest BCUT2D eigenvalue weighted by Crippen LogP contribution is -2.49. The number of aliphatic hydroxyl groups excluding tert-OH is 1. The summed E-state index contributed by atoms with van der Waals surface area (Å²) in [5.74, 6) is 0.280. The number of hydrogen-bond donors (Lipinski definition) is 2. The molecule has 5 heteroatoms. The van der Waals surface area contributed by atoms with Crippen LogP contribution in [-0.2, 0) is 6.54 Å². The van der Waals surface area contributed by atoms with Crippen molar-refractivity contribution in [2.45, 2.75) is 43.8 Å². The first-order valence-corrected chi connectivity index (χ1v) is 10.7. The monoisotopic (exact) mass is 393 g/mol. The highest BCUT2D eigenvalue weighted by Crippen LogP contribution is 2.29. The lowest BCUT2D eigenvalue weighted by molar-refractivity contribution is 0.173. The van der Waals surface area contributed by atoms with E-state index in [2.05, 4.69) is 58.7 Å². The van der Waals surface area contributed by atoms with Crippen LogP contribution < -0.4 is 5.32 Å². The van der Waals surface area contributed by atoms with Crippen molar-refractivity contribution >= 4 is 6.03 Å². The third-order valence-corrected chi connectivity index (χ3v) is 6.28. The van der Waals surface area contributed by atoms with Crippen molar-refractivity contribution in [1.82, 2.24) is 15.1 Å². The van der Waals surface area contributed by atoms with Crippen molar-refractivity contribution < 1.29 is 9.90 Å². The van der Waals surface area contributed by atoms with Crippen LogP contribution in [-0.4, -0.2) is 59.3 Å². The van der Waals surface area contributed by atoms with Crippen molar-refractivity contribution in [2.24, 2.45) is 0 Å². The van der Waals surface area contributed by atoms with Gasteiger partial charge in [0.15, 0.2) is 0 Å². The van der Waals surface area contributed by atoms with Crippen molar-refractivity contribution in [2.75, 3.05) is 26.2 Å². The molecule has 0 aliphatic carbocycles. The highest BCUT2D eigenvalue weighted by molar-refractivity contribution is 5.75. The Kier molecular flexibility index (Phi) is 6.47. The Balaban J connectivity index is 1.47. The molecule has 2 heterocycles. The predicted molar refractivity (Wildman–Crippen MR) is 115 cm³/mol. The minimum atomic E-state index is 0.0217. The number of likely N-dealkylation sites (tertiary alicyclic amines) is 2. The van der Waals surface area contributed by atoms with Gasteiger partial charge < -0.3 is 15.3 Å². The topological polar surface area (TPSA) is 55.8 Å². The van der Waals surface area contributed by atoms with Crippen LogP contribution in [0.3, 0.4) is 0 Å². The number of carbonyl (C=O) groups is 1. The van der Waals surface area contributed by atoms with E-state index >= 15 is 0 Å². The van der Waals surface area contributed by atoms with E-state index in [0.717, 1.165) is 39.0 Å². The van der Waals surface area contributed by atoms with Crippen LogP contribution in [0.2, 0.25) is 0 Å². The Bertz CT molecular complexity index is 783. The lowest BCUT2D eigenvalue weighted by Gasteiger charge is -2.28. The normalized spacial score (nSPS) is 24.7. The largest absolute Gasteiger partial charge is 0.396 e. The quantitative estimate of drug-likeness (QED) is 0.792. The minimum Gasteiger partial charge on any atom is -0.396 e. The van der Waals surface area contributed by atoms with Gasteiger partial charge in [0.05, 0.1) is 6.04 Å². The van der Waals surface area contributed by atoms with E-state index in [1.54, 1.807) is 0 Å². The molecule has 5 nitrogen and oxygen atoms in total. The third kappa shape index (κ3) is 4.80. The molecule has 2 aliphatic rings. The molecule has 4 rings (SSSR count). The van der Waals surface area contributed by atoms with Crippen molar-refractivity contribution in [3.05, 3.63) is 71.8 Å². The molecule has 0 radical (unpaired) electrons. The zero-order valence-electron chi connectivity index (χ0n) is 16.9. The fourth-order valence-electron chi connectivity index (χ4n) is 4.83. The van der Waals surface area contributed by atoms with Gasteiger partial charge in [0, 0.05) is 44.7 Å². The van der Waals surface area contributed by atoms with Crippen LogP contribution in [0.25, 0.3) is 0 Å². The Morgan fingerprint density at radius 2 is 1.76 bits per heavy atom. The van der Waals surface area contributed by atoms with Crippen LogP contribution in [0.1, 0.15) is 36.3 Å². The van der Waals surface area contributed by atoms with Crippen LogP contribution in [0.5, 0.6) is 0 Å². The third-order valence-electron chi connectivity index (χ3n) is 6.28. The molecule has 3 atom stereocenters. The molecule has 0 spiro atoms. The molecule has 2 aromatic rings. The van der Waals surface area contributed by atoms with Gasteiger partial charge in [-0.1, -0.05) is 60.7 Å². The maximum absolute atomic E-state index is 13.0. The molecule has 2 aromatic carbocycles. The Morgan fingerprint density at radius 1 is 1.03 bits per heavy atom. The molecule has 2 saturated heterocycles. The van der Waals surface area contributed by atoms with Gasteiger partial charge in [-0.05, 0) is 30.4 Å². The van der Waals surface area contributed by atoms with E-state index in [0.29, 0.717) is 6.42 Å². The zero-order valence-corrected chi connectivity index (χ0v) is 16.9. The smallest absolute Gasteiger partial charge is 0.317 e. The molecule has 2 aliphatic heterocycles. The fraction of sp³-hybridized carbons (Fsp3) is 0.458. The fourth-order valence-corrected chi connectivity index (χ4v) is 4.83. The molecule has 2 fully saturated rings. The van der Waals surface area contributed by atoms with Gasteiger partial charge in [-0.15, -0.1) is 0 Å². The van der Waals surface area contributed by atoms with E-state index in [1.165, 1.54) is 11.1 Å². The number of urea groups is 1. The van der Waals surface area contributed by atoms with E-state index < -0.39 is 0 Å². The molecule has 29 heavy (non-hydrogen) atoms. The van der Waals surface area contributed by atoms with Crippen LogP contribution in [0.15, 0.2) is 60.7 Å². The molecule has 2 amide bonds. The van der Waals surface area contributed by atoms with Crippen LogP contribution >= 0.6 is 0 Å². The first-order valence-electron chi connectivity index (χ1n) is 10.7. The molecule has 2 N–H and O–H groups in total. The second-order valence-electron chi connectivity index (χ2n) is 8.25. The van der Waals surface area contributed by atoms with Crippen LogP contribution in [0.4, 0.5) is 4.79 Å². The van der Waals surface area contributed by atoms with E-state index in [-0.39, 0.29) is 30.6 Å². The summed E-state index contributed by atoms with van der Waals surface area (Å²) >= 11 is 0. The summed E-state index contributed by atoms with van der Waals surface area (Å²) in [6, 6.07) is 21.3. The lowest BCUT2D eigenvalue weighted by atomic mass is 9.94. The summed E-state index contributed by atoms with van der Waals surface area (Å²) in [5, 5.41) is 12.6. The number of amides is 2. The number of nitrogens with zero attached hydrogens (tertiary/aromatic N) is 2. The highest BCUT2D eigenvalue weighted by Gasteiger charge is 2.37. The number of carbonyl (C=O) groups excluding carboxylic acids is 1. The van der Waals surface area contributed by atoms with Gasteiger partial charge >= 0.3 is 6.03 Å². The number of nitrogens with one attached hydrogen (secondary N) is 1. The summed E-state index contributed by atoms with van der Waals surface area (Å²) in [5.41, 5.74) is 2.58. The second-order valence-corrected chi connectivity index (χ2v) is 8.25. The standard InChI is InChI=1S/C24H31N3O2/c28-15-13-21-12-7-14-27(21)24(29)25-23-18-26(16-19-8-3-1-4-9-19)17-22(23)20-10-5-2-6-11-20/h1-6,8-11,21-23,28H,7,12-18H2,(H,25,29)/t21?,22-,23+/m0/s1. The summed E-state index contributed by atoms with van der Waals surface area (Å²) in [4.78, 5) is 17.4. The Labute approximate surface area is 173 Å². The van der Waals surface area contributed by atoms with Gasteiger partial charge in [0.25, 0.3) is 0 Å². The average molecular weight is 394 g/mol. The van der Waals surface area contributed by atoms with Crippen molar-refractivity contribution in [3.63, 3.8) is 0 Å². The Hall–Kier alpha value is -2.37. The molecular weight excluding hydrogens is 362 g/mol. The predicted octanol–water partition coefficient (Wildman–Crippen LogP) is 3.21. The number of benzene rings is 2. The van der Waals surface area contributed by atoms with Gasteiger partial charge in [0.2, 0.25) is 0 Å². The molecule has 154 valence electrons. The minimum absolute atomic E-state index is 0.0217. The summed E-state index contributed by atoms with van der Waals surface area (Å²) in [7, 11) is 0. The molecule has 0 bridgehead atoms. The maximum Gasteiger partial charge on any atom is 0.317 e. The van der Waals surface area contributed by atoms with Gasteiger partial charge in [0.1, 0.15) is 0 Å². The SMILES string of the molecule is O=C(N[C@@H]1CN(Cc2ccccc2)C[C@H]1c1ccccc1)N1CCCC1CCO. The van der Waals surface area contributed by atoms with E-state index in [1.807, 2.05) is 17.0 Å². The zero-order chi connectivity index (χ0) is 20.1. The molecule has 0 aromatic heterocycles. The number of aliphatic hydroxyl groups is 1. The van der Waals surface area contributed by atoms with Crippen molar-refractivity contribution in [3.8, 4) is 0 Å². The number of hydrogen-bond acceptors (Lipinski definition) is 3. The summed E-state index contributed by atoms with van der Waals surface area (Å²) in [6.07, 6.45) is 2.67. The molecular formula is C24H31N3O2. The van der Waals surface area contributed by atoms with Gasteiger partial charge in [-0.3, -0.25) is 4.90 Å². The summed E-state index contributed by atoms with van der Waals surface area (Å²) < 4.78 is 0. The molecule has 1 unspecified atom stereocenters. The van der Waals surface area contributed by atoms with Gasteiger partial charge in [-0.2, -0.15) is 0 Å². The molecule has 0 saturated carbocycles.